The molecule has 0 radical (unpaired) electrons. The lowest BCUT2D eigenvalue weighted by Crippen LogP contribution is -2.50. The first-order chi connectivity index (χ1) is 13.2. The zero-order valence-electron chi connectivity index (χ0n) is 14.9. The monoisotopic (exact) mass is 375 g/mol. The first-order valence-corrected chi connectivity index (χ1v) is 9.82. The molecule has 27 heavy (non-hydrogen) atoms. The highest BCUT2D eigenvalue weighted by Gasteiger charge is 2.45. The molecule has 0 saturated heterocycles. The fourth-order valence-electron chi connectivity index (χ4n) is 4.17. The highest BCUT2D eigenvalue weighted by Crippen LogP contribution is 2.48. The molecule has 2 N–H and O–H groups in total. The number of para-hydroxylation sites is 1. The van der Waals surface area contributed by atoms with E-state index in [0.29, 0.717) is 5.11 Å². The number of ether oxygens (including phenoxy) is 1. The maximum atomic E-state index is 6.33. The summed E-state index contributed by atoms with van der Waals surface area (Å²) in [5.74, 6) is 0.986. The first kappa shape index (κ1) is 16.5. The third kappa shape index (κ3) is 3.02. The van der Waals surface area contributed by atoms with E-state index in [1.54, 1.807) is 6.20 Å². The molecule has 1 aromatic heterocycles. The van der Waals surface area contributed by atoms with Crippen LogP contribution in [0.5, 0.6) is 5.75 Å². The lowest BCUT2D eigenvalue weighted by Gasteiger charge is -2.48. The van der Waals surface area contributed by atoms with Crippen molar-refractivity contribution in [1.29, 1.82) is 0 Å². The first-order valence-electron chi connectivity index (χ1n) is 9.41. The van der Waals surface area contributed by atoms with Gasteiger partial charge in [0.1, 0.15) is 11.4 Å². The van der Waals surface area contributed by atoms with E-state index in [-0.39, 0.29) is 11.6 Å². The molecule has 1 unspecified atom stereocenters. The normalized spacial score (nSPS) is 19.6. The molecule has 1 fully saturated rings. The Labute approximate surface area is 164 Å². The largest absolute Gasteiger partial charge is 0.487 e. The van der Waals surface area contributed by atoms with Crippen LogP contribution < -0.4 is 15.4 Å². The van der Waals surface area contributed by atoms with Crippen molar-refractivity contribution in [2.24, 2.45) is 0 Å². The highest BCUT2D eigenvalue weighted by atomic mass is 32.1. The van der Waals surface area contributed by atoms with Gasteiger partial charge < -0.3 is 15.4 Å². The predicted molar refractivity (Wildman–Crippen MR) is 112 cm³/mol. The Morgan fingerprint density at radius 1 is 1.11 bits per heavy atom. The number of hydrogen-bond acceptors (Lipinski definition) is 3. The van der Waals surface area contributed by atoms with Gasteiger partial charge in [-0.15, -0.1) is 0 Å². The summed E-state index contributed by atoms with van der Waals surface area (Å²) < 4.78 is 6.33. The second-order valence-corrected chi connectivity index (χ2v) is 7.84. The van der Waals surface area contributed by atoms with Gasteiger partial charge in [-0.05, 0) is 49.7 Å². The van der Waals surface area contributed by atoms with Crippen LogP contribution in [0.4, 0.5) is 5.69 Å². The van der Waals surface area contributed by atoms with Crippen molar-refractivity contribution in [3.8, 4) is 5.75 Å². The van der Waals surface area contributed by atoms with Gasteiger partial charge in [0.05, 0.1) is 6.04 Å². The van der Waals surface area contributed by atoms with E-state index in [1.807, 2.05) is 30.5 Å². The molecule has 4 nitrogen and oxygen atoms in total. The molecule has 0 amide bonds. The van der Waals surface area contributed by atoms with Crippen molar-refractivity contribution in [1.82, 2.24) is 10.3 Å². The molecule has 5 heteroatoms. The van der Waals surface area contributed by atoms with E-state index in [4.69, 9.17) is 17.0 Å². The van der Waals surface area contributed by atoms with Crippen LogP contribution >= 0.6 is 12.2 Å². The molecule has 1 atom stereocenters. The van der Waals surface area contributed by atoms with Gasteiger partial charge in [0, 0.05) is 40.8 Å². The predicted octanol–water partition coefficient (Wildman–Crippen LogP) is 4.97. The van der Waals surface area contributed by atoms with Gasteiger partial charge in [-0.2, -0.15) is 0 Å². The second-order valence-electron chi connectivity index (χ2n) is 7.43. The van der Waals surface area contributed by atoms with Crippen molar-refractivity contribution < 1.29 is 4.74 Å². The topological polar surface area (TPSA) is 46.2 Å². The number of thiocarbonyl (C=S) groups is 1. The molecule has 3 aromatic rings. The third-order valence-electron chi connectivity index (χ3n) is 5.70. The van der Waals surface area contributed by atoms with E-state index < -0.39 is 0 Å². The minimum absolute atomic E-state index is 0.0211. The van der Waals surface area contributed by atoms with Crippen molar-refractivity contribution in [3.63, 3.8) is 0 Å². The van der Waals surface area contributed by atoms with Gasteiger partial charge in [0.2, 0.25) is 0 Å². The molecule has 2 aliphatic rings. The van der Waals surface area contributed by atoms with E-state index in [0.717, 1.165) is 41.5 Å². The summed E-state index contributed by atoms with van der Waals surface area (Å²) in [5.41, 5.74) is 2.15. The van der Waals surface area contributed by atoms with E-state index in [1.165, 1.54) is 12.0 Å². The fraction of sp³-hybridized carbons (Fsp3) is 0.273. The molecule has 1 aliphatic carbocycles. The summed E-state index contributed by atoms with van der Waals surface area (Å²) in [6, 6.07) is 16.6. The number of hydrogen-bond donors (Lipinski definition) is 2. The second kappa shape index (κ2) is 6.50. The van der Waals surface area contributed by atoms with Crippen LogP contribution in [0.1, 0.15) is 37.3 Å². The number of aromatic nitrogens is 1. The Morgan fingerprint density at radius 2 is 2.00 bits per heavy atom. The van der Waals surface area contributed by atoms with Gasteiger partial charge in [0.25, 0.3) is 0 Å². The smallest absolute Gasteiger partial charge is 0.171 e. The number of nitrogens with one attached hydrogen (secondary N) is 2. The van der Waals surface area contributed by atoms with Crippen LogP contribution in [0.3, 0.4) is 0 Å². The van der Waals surface area contributed by atoms with Gasteiger partial charge in [-0.25, -0.2) is 0 Å². The molecule has 2 heterocycles. The van der Waals surface area contributed by atoms with Gasteiger partial charge in [0.15, 0.2) is 5.11 Å². The number of nitrogens with zero attached hydrogens (tertiary/aromatic N) is 1. The fourth-order valence-corrected chi connectivity index (χ4v) is 4.42. The molecule has 136 valence electrons. The molecule has 1 aliphatic heterocycles. The van der Waals surface area contributed by atoms with Crippen molar-refractivity contribution in [3.05, 3.63) is 66.5 Å². The SMILES string of the molecule is S=C(Nc1cccc2cnccc12)NC1CC2(CCC2)Oc2ccccc21. The minimum Gasteiger partial charge on any atom is -0.487 e. The number of fused-ring (bicyclic) bond motifs is 2. The van der Waals surface area contributed by atoms with Crippen LogP contribution in [-0.2, 0) is 0 Å². The average molecular weight is 375 g/mol. The van der Waals surface area contributed by atoms with Crippen LogP contribution in [-0.4, -0.2) is 15.7 Å². The maximum absolute atomic E-state index is 6.33. The van der Waals surface area contributed by atoms with Crippen LogP contribution in [0.15, 0.2) is 60.9 Å². The molecule has 2 aromatic carbocycles. The van der Waals surface area contributed by atoms with E-state index in [2.05, 4.69) is 39.9 Å². The van der Waals surface area contributed by atoms with Crippen molar-refractivity contribution >= 4 is 33.8 Å². The van der Waals surface area contributed by atoms with Crippen LogP contribution in [0.25, 0.3) is 10.8 Å². The Balaban J connectivity index is 1.39. The number of anilines is 1. The van der Waals surface area contributed by atoms with E-state index in [9.17, 15) is 0 Å². The van der Waals surface area contributed by atoms with Crippen LogP contribution in [0.2, 0.25) is 0 Å². The average Bonchev–Trinajstić information content (AvgIpc) is 2.67. The number of pyridine rings is 1. The Kier molecular flexibility index (Phi) is 3.97. The number of benzene rings is 2. The molecule has 1 spiro atoms. The molecule has 5 rings (SSSR count). The zero-order valence-corrected chi connectivity index (χ0v) is 15.8. The van der Waals surface area contributed by atoms with E-state index >= 15 is 0 Å². The molecular formula is C22H21N3OS. The Morgan fingerprint density at radius 3 is 2.85 bits per heavy atom. The molecular weight excluding hydrogens is 354 g/mol. The van der Waals surface area contributed by atoms with Gasteiger partial charge >= 0.3 is 0 Å². The summed E-state index contributed by atoms with van der Waals surface area (Å²) >= 11 is 5.66. The standard InChI is InChI=1S/C22H21N3OS/c27-21(24-18-7-3-5-15-14-23-12-9-16(15)18)25-19-13-22(10-4-11-22)26-20-8-2-1-6-17(19)20/h1-3,5-9,12,14,19H,4,10-11,13H2,(H2,24,25,27). The highest BCUT2D eigenvalue weighted by molar-refractivity contribution is 7.80. The molecule has 1 saturated carbocycles. The van der Waals surface area contributed by atoms with Crippen molar-refractivity contribution in [2.75, 3.05) is 5.32 Å². The summed E-state index contributed by atoms with van der Waals surface area (Å²) in [4.78, 5) is 4.19. The van der Waals surface area contributed by atoms with Gasteiger partial charge in [-0.3, -0.25) is 4.98 Å². The van der Waals surface area contributed by atoms with Gasteiger partial charge in [-0.1, -0.05) is 30.3 Å². The third-order valence-corrected chi connectivity index (χ3v) is 5.92. The summed E-state index contributed by atoms with van der Waals surface area (Å²) in [5, 5.41) is 9.75. The Hall–Kier alpha value is -2.66. The number of rotatable bonds is 2. The molecule has 0 bridgehead atoms. The zero-order chi connectivity index (χ0) is 18.3. The minimum atomic E-state index is -0.0211. The lowest BCUT2D eigenvalue weighted by molar-refractivity contribution is -0.0349. The quantitative estimate of drug-likeness (QED) is 0.620. The lowest BCUT2D eigenvalue weighted by atomic mass is 9.73. The summed E-state index contributed by atoms with van der Waals surface area (Å²) in [6.45, 7) is 0. The van der Waals surface area contributed by atoms with Crippen LogP contribution in [0, 0.1) is 0 Å². The summed E-state index contributed by atoms with van der Waals surface area (Å²) in [6.07, 6.45) is 8.10. The summed E-state index contributed by atoms with van der Waals surface area (Å²) in [7, 11) is 0. The maximum Gasteiger partial charge on any atom is 0.171 e. The Bertz CT molecular complexity index is 1010. The van der Waals surface area contributed by atoms with Crippen molar-refractivity contribution in [2.45, 2.75) is 37.3 Å².